The van der Waals surface area contributed by atoms with Gasteiger partial charge in [0.15, 0.2) is 0 Å². The third kappa shape index (κ3) is 0.993. The predicted molar refractivity (Wildman–Crippen MR) is 30.0 cm³/mol. The third-order valence-electron chi connectivity index (χ3n) is 0.856. The first-order valence-corrected chi connectivity index (χ1v) is 2.31. The first kappa shape index (κ1) is 6.40. The van der Waals surface area contributed by atoms with Crippen molar-refractivity contribution in [1.82, 2.24) is 9.97 Å². The molecular weight excluding hydrogens is 138 g/mol. The summed E-state index contributed by atoms with van der Waals surface area (Å²) in [5, 5.41) is 9.93. The van der Waals surface area contributed by atoms with Crippen LogP contribution >= 0.6 is 0 Å². The van der Waals surface area contributed by atoms with Gasteiger partial charge in [0.25, 0.3) is 12.1 Å². The fourth-order valence-corrected chi connectivity index (χ4v) is 0.456. The molecule has 0 aliphatic heterocycles. The number of aromatic nitrogens is 2. The van der Waals surface area contributed by atoms with Gasteiger partial charge in [-0.3, -0.25) is 4.79 Å². The van der Waals surface area contributed by atoms with Crippen molar-refractivity contribution in [3.8, 4) is 0 Å². The molecule has 1 N–H and O–H groups in total. The lowest BCUT2D eigenvalue weighted by Crippen LogP contribution is -1.87. The Hall–Kier alpha value is -1.72. The highest BCUT2D eigenvalue weighted by Crippen LogP contribution is 2.03. The van der Waals surface area contributed by atoms with Crippen LogP contribution in [0.3, 0.4) is 0 Å². The topological polar surface area (TPSA) is 88.9 Å². The average molecular weight is 140 g/mol. The van der Waals surface area contributed by atoms with Gasteiger partial charge in [0.2, 0.25) is 0 Å². The van der Waals surface area contributed by atoms with Crippen LogP contribution in [0.4, 0.5) is 5.82 Å². The molecule has 51 valence electrons. The standard InChI is InChI=1S/C4H2N3O3/c8-2-3-5-1-4(6-3)7(9)10/h1H,(H,5,6). The minimum Gasteiger partial charge on any atom is -0.358 e. The van der Waals surface area contributed by atoms with Crippen LogP contribution in [0.2, 0.25) is 0 Å². The largest absolute Gasteiger partial charge is 0.358 e. The minimum atomic E-state index is -0.673. The van der Waals surface area contributed by atoms with Crippen molar-refractivity contribution < 1.29 is 9.72 Å². The molecule has 1 rings (SSSR count). The Kier molecular flexibility index (Phi) is 1.44. The molecule has 0 aliphatic carbocycles. The Morgan fingerprint density at radius 1 is 1.80 bits per heavy atom. The molecule has 1 heterocycles. The number of rotatable bonds is 2. The summed E-state index contributed by atoms with van der Waals surface area (Å²) in [6.45, 7) is 0. The van der Waals surface area contributed by atoms with Crippen molar-refractivity contribution in [2.75, 3.05) is 0 Å². The summed E-state index contributed by atoms with van der Waals surface area (Å²) in [4.78, 5) is 24.5. The SMILES string of the molecule is O=[C]c1ncc([N+](=O)[O-])[nH]1. The molecule has 1 aromatic rings. The van der Waals surface area contributed by atoms with Gasteiger partial charge in [-0.15, -0.1) is 0 Å². The van der Waals surface area contributed by atoms with Crippen molar-refractivity contribution >= 4 is 12.1 Å². The number of H-pyrrole nitrogens is 1. The van der Waals surface area contributed by atoms with E-state index in [0.717, 1.165) is 6.20 Å². The van der Waals surface area contributed by atoms with Gasteiger partial charge >= 0.3 is 5.82 Å². The number of nitrogens with one attached hydrogen (secondary N) is 1. The minimum absolute atomic E-state index is 0.160. The highest BCUT2D eigenvalue weighted by molar-refractivity contribution is 5.69. The second kappa shape index (κ2) is 2.26. The molecule has 1 aromatic heterocycles. The first-order valence-electron chi connectivity index (χ1n) is 2.31. The van der Waals surface area contributed by atoms with Crippen molar-refractivity contribution in [1.29, 1.82) is 0 Å². The fraction of sp³-hybridized carbons (Fsp3) is 0. The molecule has 0 saturated heterocycles. The summed E-state index contributed by atoms with van der Waals surface area (Å²) in [6.07, 6.45) is 2.34. The quantitative estimate of drug-likeness (QED) is 0.454. The Balaban J connectivity index is 2.98. The molecule has 6 heteroatoms. The van der Waals surface area contributed by atoms with Gasteiger partial charge in [0.1, 0.15) is 6.20 Å². The van der Waals surface area contributed by atoms with Crippen molar-refractivity contribution in [3.63, 3.8) is 0 Å². The Labute approximate surface area is 55.0 Å². The van der Waals surface area contributed by atoms with Gasteiger partial charge in [-0.2, -0.15) is 0 Å². The highest BCUT2D eigenvalue weighted by Gasteiger charge is 2.08. The van der Waals surface area contributed by atoms with Crippen LogP contribution in [0, 0.1) is 10.1 Å². The van der Waals surface area contributed by atoms with E-state index < -0.39 is 4.92 Å². The van der Waals surface area contributed by atoms with E-state index in [1.807, 2.05) is 0 Å². The molecular formula is C4H2N3O3. The molecule has 0 fully saturated rings. The van der Waals surface area contributed by atoms with E-state index in [4.69, 9.17) is 0 Å². The van der Waals surface area contributed by atoms with E-state index >= 15 is 0 Å². The zero-order chi connectivity index (χ0) is 7.56. The summed E-state index contributed by atoms with van der Waals surface area (Å²) in [5.41, 5.74) is 0. The number of imidazole rings is 1. The smallest absolute Gasteiger partial charge is 0.341 e. The molecule has 0 aromatic carbocycles. The van der Waals surface area contributed by atoms with Gasteiger partial charge in [-0.1, -0.05) is 0 Å². The van der Waals surface area contributed by atoms with Gasteiger partial charge in [0.05, 0.1) is 0 Å². The molecule has 0 unspecified atom stereocenters. The van der Waals surface area contributed by atoms with E-state index in [1.54, 1.807) is 0 Å². The molecule has 0 amide bonds. The first-order chi connectivity index (χ1) is 4.74. The van der Waals surface area contributed by atoms with E-state index in [2.05, 4.69) is 9.97 Å². The van der Waals surface area contributed by atoms with Crippen LogP contribution in [0.25, 0.3) is 0 Å². The number of hydrogen-bond acceptors (Lipinski definition) is 4. The van der Waals surface area contributed by atoms with Gasteiger partial charge < -0.3 is 10.1 Å². The van der Waals surface area contributed by atoms with Crippen LogP contribution < -0.4 is 0 Å². The number of carbonyl (C=O) groups excluding carboxylic acids is 1. The lowest BCUT2D eigenvalue weighted by molar-refractivity contribution is -0.389. The Morgan fingerprint density at radius 3 is 2.80 bits per heavy atom. The Bertz CT molecular complexity index is 266. The molecule has 0 spiro atoms. The number of nitro groups is 1. The second-order valence-corrected chi connectivity index (χ2v) is 1.48. The lowest BCUT2D eigenvalue weighted by atomic mass is 10.7. The average Bonchev–Trinajstić information content (AvgIpc) is 2.34. The zero-order valence-corrected chi connectivity index (χ0v) is 4.70. The van der Waals surface area contributed by atoms with E-state index in [0.29, 0.717) is 0 Å². The Morgan fingerprint density at radius 2 is 2.50 bits per heavy atom. The zero-order valence-electron chi connectivity index (χ0n) is 4.70. The maximum Gasteiger partial charge on any atom is 0.341 e. The van der Waals surface area contributed by atoms with Crippen molar-refractivity contribution in [3.05, 3.63) is 22.1 Å². The van der Waals surface area contributed by atoms with Crippen molar-refractivity contribution in [2.45, 2.75) is 0 Å². The lowest BCUT2D eigenvalue weighted by Gasteiger charge is -1.83. The molecule has 1 radical (unpaired) electrons. The molecule has 0 bridgehead atoms. The van der Waals surface area contributed by atoms with E-state index in [-0.39, 0.29) is 11.6 Å². The normalized spacial score (nSPS) is 9.20. The molecule has 0 atom stereocenters. The van der Waals surface area contributed by atoms with Crippen LogP contribution in [0.1, 0.15) is 5.82 Å². The summed E-state index contributed by atoms with van der Waals surface area (Å²) in [5.74, 6) is -0.468. The molecule has 10 heavy (non-hydrogen) atoms. The number of hydrogen-bond donors (Lipinski definition) is 1. The van der Waals surface area contributed by atoms with Crippen molar-refractivity contribution in [2.24, 2.45) is 0 Å². The van der Waals surface area contributed by atoms with Crippen LogP contribution in [0.5, 0.6) is 0 Å². The van der Waals surface area contributed by atoms with E-state index in [9.17, 15) is 14.9 Å². The highest BCUT2D eigenvalue weighted by atomic mass is 16.6. The summed E-state index contributed by atoms with van der Waals surface area (Å²) < 4.78 is 0. The van der Waals surface area contributed by atoms with Gasteiger partial charge in [-0.25, -0.2) is 9.97 Å². The van der Waals surface area contributed by atoms with Crippen LogP contribution in [0.15, 0.2) is 6.20 Å². The van der Waals surface area contributed by atoms with Crippen LogP contribution in [-0.4, -0.2) is 21.2 Å². The van der Waals surface area contributed by atoms with E-state index in [1.165, 1.54) is 6.29 Å². The summed E-state index contributed by atoms with van der Waals surface area (Å²) >= 11 is 0. The monoisotopic (exact) mass is 140 g/mol. The van der Waals surface area contributed by atoms with Gasteiger partial charge in [-0.05, 0) is 4.92 Å². The summed E-state index contributed by atoms with van der Waals surface area (Å²) in [7, 11) is 0. The molecule has 0 aliphatic rings. The second-order valence-electron chi connectivity index (χ2n) is 1.48. The predicted octanol–water partition coefficient (Wildman–Crippen LogP) is -0.224. The van der Waals surface area contributed by atoms with Gasteiger partial charge in [0, 0.05) is 0 Å². The van der Waals surface area contributed by atoms with Crippen LogP contribution in [-0.2, 0) is 4.79 Å². The number of nitrogens with zero attached hydrogens (tertiary/aromatic N) is 2. The maximum atomic E-state index is 9.93. The molecule has 6 nitrogen and oxygen atoms in total. The molecule has 0 saturated carbocycles. The third-order valence-corrected chi connectivity index (χ3v) is 0.856. The maximum absolute atomic E-state index is 9.93. The fourth-order valence-electron chi connectivity index (χ4n) is 0.456. The number of aromatic amines is 1. The summed E-state index contributed by atoms with van der Waals surface area (Å²) in [6, 6.07) is 0.